The van der Waals surface area contributed by atoms with Crippen molar-refractivity contribution in [3.63, 3.8) is 0 Å². The molecule has 0 unspecified atom stereocenters. The molecule has 22 heavy (non-hydrogen) atoms. The number of ketones is 1. The largest absolute Gasteiger partial charge is 0.483 e. The van der Waals surface area contributed by atoms with E-state index in [-0.39, 0.29) is 18.3 Å². The minimum absolute atomic E-state index is 0.106. The van der Waals surface area contributed by atoms with Gasteiger partial charge in [0, 0.05) is 10.6 Å². The predicted molar refractivity (Wildman–Crippen MR) is 86.8 cm³/mol. The Morgan fingerprint density at radius 1 is 1.18 bits per heavy atom. The van der Waals surface area contributed by atoms with Crippen LogP contribution < -0.4 is 10.1 Å². The van der Waals surface area contributed by atoms with Crippen molar-refractivity contribution in [1.29, 1.82) is 0 Å². The molecule has 0 atom stereocenters. The molecule has 0 fully saturated rings. The number of Topliss-reactive ketones (excluding diaryl/α,β-unsaturated/α-hetero) is 1. The standard InChI is InChI=1S/C17H16ClNO3/c1-11-9-13(18)7-8-16(11)22-10-17(21)19-15-6-4-3-5-14(15)12(2)20/h3-9H,10H2,1-2H3,(H,19,21). The van der Waals surface area contributed by atoms with E-state index in [1.165, 1.54) is 6.92 Å². The van der Waals surface area contributed by atoms with Gasteiger partial charge in [-0.15, -0.1) is 0 Å². The summed E-state index contributed by atoms with van der Waals surface area (Å²) in [7, 11) is 0. The number of halogens is 1. The zero-order chi connectivity index (χ0) is 16.1. The van der Waals surface area contributed by atoms with Gasteiger partial charge in [0.1, 0.15) is 5.75 Å². The quantitative estimate of drug-likeness (QED) is 0.852. The molecule has 4 nitrogen and oxygen atoms in total. The monoisotopic (exact) mass is 317 g/mol. The molecule has 0 spiro atoms. The van der Waals surface area contributed by atoms with Crippen molar-refractivity contribution in [2.45, 2.75) is 13.8 Å². The number of hydrogen-bond donors (Lipinski definition) is 1. The van der Waals surface area contributed by atoms with Crippen LogP contribution in [0.15, 0.2) is 42.5 Å². The number of para-hydroxylation sites is 1. The molecule has 0 aliphatic carbocycles. The molecule has 2 aromatic carbocycles. The molecule has 0 heterocycles. The van der Waals surface area contributed by atoms with Crippen molar-refractivity contribution >= 4 is 29.0 Å². The molecule has 0 aliphatic heterocycles. The smallest absolute Gasteiger partial charge is 0.262 e. The van der Waals surface area contributed by atoms with Crippen LogP contribution in [0.5, 0.6) is 5.75 Å². The summed E-state index contributed by atoms with van der Waals surface area (Å²) in [5.74, 6) is 0.160. The van der Waals surface area contributed by atoms with Gasteiger partial charge in [-0.25, -0.2) is 0 Å². The molecule has 0 aliphatic rings. The highest BCUT2D eigenvalue weighted by atomic mass is 35.5. The Hall–Kier alpha value is -2.33. The van der Waals surface area contributed by atoms with Gasteiger partial charge in [0.2, 0.25) is 0 Å². The van der Waals surface area contributed by atoms with Gasteiger partial charge in [-0.3, -0.25) is 9.59 Å². The number of nitrogens with one attached hydrogen (secondary N) is 1. The van der Waals surface area contributed by atoms with Crippen molar-refractivity contribution < 1.29 is 14.3 Å². The van der Waals surface area contributed by atoms with Crippen LogP contribution in [0.2, 0.25) is 5.02 Å². The molecule has 0 saturated heterocycles. The number of rotatable bonds is 5. The molecule has 2 rings (SSSR count). The van der Waals surface area contributed by atoms with E-state index in [4.69, 9.17) is 16.3 Å². The van der Waals surface area contributed by atoms with E-state index in [1.807, 2.05) is 6.92 Å². The van der Waals surface area contributed by atoms with E-state index >= 15 is 0 Å². The van der Waals surface area contributed by atoms with Crippen molar-refractivity contribution in [3.05, 3.63) is 58.6 Å². The molecule has 1 amide bonds. The normalized spacial score (nSPS) is 10.1. The molecular formula is C17H16ClNO3. The Kier molecular flexibility index (Phi) is 5.17. The zero-order valence-corrected chi connectivity index (χ0v) is 13.1. The Morgan fingerprint density at radius 2 is 1.91 bits per heavy atom. The minimum Gasteiger partial charge on any atom is -0.483 e. The minimum atomic E-state index is -0.331. The Bertz CT molecular complexity index is 713. The molecule has 0 aromatic heterocycles. The Labute approximate surface area is 134 Å². The summed E-state index contributed by atoms with van der Waals surface area (Å²) < 4.78 is 5.47. The highest BCUT2D eigenvalue weighted by molar-refractivity contribution is 6.30. The van der Waals surface area contributed by atoms with Gasteiger partial charge < -0.3 is 10.1 Å². The van der Waals surface area contributed by atoms with Gasteiger partial charge in [-0.2, -0.15) is 0 Å². The molecule has 2 aromatic rings. The van der Waals surface area contributed by atoms with Crippen LogP contribution in [0.4, 0.5) is 5.69 Å². The molecule has 114 valence electrons. The number of hydrogen-bond acceptors (Lipinski definition) is 3. The summed E-state index contributed by atoms with van der Waals surface area (Å²) in [5.41, 5.74) is 1.80. The maximum Gasteiger partial charge on any atom is 0.262 e. The van der Waals surface area contributed by atoms with E-state index in [2.05, 4.69) is 5.32 Å². The number of aryl methyl sites for hydroxylation is 1. The maximum atomic E-state index is 12.0. The second kappa shape index (κ2) is 7.09. The average Bonchev–Trinajstić information content (AvgIpc) is 2.46. The lowest BCUT2D eigenvalue weighted by Crippen LogP contribution is -2.21. The van der Waals surface area contributed by atoms with Crippen LogP contribution in [0.1, 0.15) is 22.8 Å². The van der Waals surface area contributed by atoms with Gasteiger partial charge >= 0.3 is 0 Å². The molecular weight excluding hydrogens is 302 g/mol. The summed E-state index contributed by atoms with van der Waals surface area (Å²) >= 11 is 5.87. The van der Waals surface area contributed by atoms with Gasteiger partial charge in [0.25, 0.3) is 5.91 Å². The van der Waals surface area contributed by atoms with E-state index in [9.17, 15) is 9.59 Å². The second-order valence-corrected chi connectivity index (χ2v) is 5.28. The van der Waals surface area contributed by atoms with Gasteiger partial charge in [0.15, 0.2) is 12.4 Å². The lowest BCUT2D eigenvalue weighted by molar-refractivity contribution is -0.118. The van der Waals surface area contributed by atoms with Crippen LogP contribution in [0, 0.1) is 6.92 Å². The van der Waals surface area contributed by atoms with Gasteiger partial charge in [-0.1, -0.05) is 23.7 Å². The Morgan fingerprint density at radius 3 is 2.59 bits per heavy atom. The number of carbonyl (C=O) groups excluding carboxylic acids is 2. The lowest BCUT2D eigenvalue weighted by atomic mass is 10.1. The van der Waals surface area contributed by atoms with Crippen molar-refractivity contribution in [2.75, 3.05) is 11.9 Å². The molecule has 0 saturated carbocycles. The summed E-state index contributed by atoms with van der Waals surface area (Å²) in [6, 6.07) is 12.0. The highest BCUT2D eigenvalue weighted by Gasteiger charge is 2.10. The number of ether oxygens (including phenoxy) is 1. The van der Waals surface area contributed by atoms with Gasteiger partial charge in [0.05, 0.1) is 5.69 Å². The third-order valence-corrected chi connectivity index (χ3v) is 3.31. The molecule has 5 heteroatoms. The maximum absolute atomic E-state index is 12.0. The number of benzene rings is 2. The van der Waals surface area contributed by atoms with Crippen molar-refractivity contribution in [2.24, 2.45) is 0 Å². The first kappa shape index (κ1) is 16.0. The van der Waals surface area contributed by atoms with E-state index < -0.39 is 0 Å². The SMILES string of the molecule is CC(=O)c1ccccc1NC(=O)COc1ccc(Cl)cc1C. The van der Waals surface area contributed by atoms with E-state index in [0.717, 1.165) is 5.56 Å². The summed E-state index contributed by atoms with van der Waals surface area (Å²) in [6.07, 6.45) is 0. The van der Waals surface area contributed by atoms with Crippen LogP contribution in [0.25, 0.3) is 0 Å². The fraction of sp³-hybridized carbons (Fsp3) is 0.176. The highest BCUT2D eigenvalue weighted by Crippen LogP contribution is 2.22. The van der Waals surface area contributed by atoms with Crippen molar-refractivity contribution in [3.8, 4) is 5.75 Å². The first-order chi connectivity index (χ1) is 10.5. The van der Waals surface area contributed by atoms with E-state index in [1.54, 1.807) is 42.5 Å². The number of anilines is 1. The average molecular weight is 318 g/mol. The third-order valence-electron chi connectivity index (χ3n) is 3.08. The topological polar surface area (TPSA) is 55.4 Å². The Balaban J connectivity index is 2.00. The summed E-state index contributed by atoms with van der Waals surface area (Å²) in [5, 5.41) is 3.30. The fourth-order valence-electron chi connectivity index (χ4n) is 2.00. The molecule has 0 bridgehead atoms. The van der Waals surface area contributed by atoms with Crippen LogP contribution in [-0.4, -0.2) is 18.3 Å². The lowest BCUT2D eigenvalue weighted by Gasteiger charge is -2.11. The molecule has 0 radical (unpaired) electrons. The van der Waals surface area contributed by atoms with Crippen LogP contribution in [0.3, 0.4) is 0 Å². The number of carbonyl (C=O) groups is 2. The van der Waals surface area contributed by atoms with Crippen molar-refractivity contribution in [1.82, 2.24) is 0 Å². The molecule has 1 N–H and O–H groups in total. The number of amides is 1. The predicted octanol–water partition coefficient (Wildman–Crippen LogP) is 3.87. The summed E-state index contributed by atoms with van der Waals surface area (Å²) in [4.78, 5) is 23.5. The van der Waals surface area contributed by atoms with Crippen LogP contribution in [-0.2, 0) is 4.79 Å². The van der Waals surface area contributed by atoms with E-state index in [0.29, 0.717) is 22.0 Å². The summed E-state index contributed by atoms with van der Waals surface area (Å²) in [6.45, 7) is 3.16. The third kappa shape index (κ3) is 4.09. The first-order valence-electron chi connectivity index (χ1n) is 6.76. The fourth-order valence-corrected chi connectivity index (χ4v) is 2.23. The second-order valence-electron chi connectivity index (χ2n) is 4.85. The first-order valence-corrected chi connectivity index (χ1v) is 7.14. The zero-order valence-electron chi connectivity index (χ0n) is 12.4. The van der Waals surface area contributed by atoms with Gasteiger partial charge in [-0.05, 0) is 49.7 Å². The van der Waals surface area contributed by atoms with Crippen LogP contribution >= 0.6 is 11.6 Å².